The summed E-state index contributed by atoms with van der Waals surface area (Å²) < 4.78 is 13.1. The van der Waals surface area contributed by atoms with Gasteiger partial charge in [-0.2, -0.15) is 0 Å². The highest BCUT2D eigenvalue weighted by Gasteiger charge is 2.13. The highest BCUT2D eigenvalue weighted by molar-refractivity contribution is 6.31. The third kappa shape index (κ3) is 2.32. The van der Waals surface area contributed by atoms with Crippen LogP contribution >= 0.6 is 11.6 Å². The van der Waals surface area contributed by atoms with Gasteiger partial charge < -0.3 is 0 Å². The van der Waals surface area contributed by atoms with Gasteiger partial charge in [-0.05, 0) is 18.1 Å². The summed E-state index contributed by atoms with van der Waals surface area (Å²) in [5.74, 6) is 4.89. The van der Waals surface area contributed by atoms with Gasteiger partial charge in [-0.15, -0.1) is 6.58 Å². The Kier molecular flexibility index (Phi) is 4.07. The van der Waals surface area contributed by atoms with Crippen molar-refractivity contribution in [3.8, 4) is 0 Å². The first-order valence-corrected chi connectivity index (χ1v) is 4.59. The summed E-state index contributed by atoms with van der Waals surface area (Å²) in [6.45, 7) is 3.59. The molecule has 1 unspecified atom stereocenters. The Morgan fingerprint density at radius 3 is 2.93 bits per heavy atom. The molecule has 0 heterocycles. The summed E-state index contributed by atoms with van der Waals surface area (Å²) in [6.07, 6.45) is 2.30. The highest BCUT2D eigenvalue weighted by atomic mass is 35.5. The number of nitrogens with one attached hydrogen (secondary N) is 1. The Morgan fingerprint density at radius 1 is 1.64 bits per heavy atom. The minimum Gasteiger partial charge on any atom is -0.271 e. The van der Waals surface area contributed by atoms with Crippen LogP contribution in [0.15, 0.2) is 30.9 Å². The van der Waals surface area contributed by atoms with Gasteiger partial charge in [0.15, 0.2) is 0 Å². The largest absolute Gasteiger partial charge is 0.271 e. The Balaban J connectivity index is 3.03. The second-order valence-electron chi connectivity index (χ2n) is 2.89. The van der Waals surface area contributed by atoms with Crippen molar-refractivity contribution in [3.63, 3.8) is 0 Å². The van der Waals surface area contributed by atoms with Crippen LogP contribution in [0.25, 0.3) is 0 Å². The van der Waals surface area contributed by atoms with Crippen LogP contribution in [0, 0.1) is 5.82 Å². The van der Waals surface area contributed by atoms with Gasteiger partial charge in [0.05, 0.1) is 11.1 Å². The third-order valence-electron chi connectivity index (χ3n) is 1.96. The predicted octanol–water partition coefficient (Wildman–Crippen LogP) is 2.56. The minimum absolute atomic E-state index is 0.109. The summed E-state index contributed by atoms with van der Waals surface area (Å²) >= 11 is 5.80. The maximum Gasteiger partial charge on any atom is 0.142 e. The lowest BCUT2D eigenvalue weighted by atomic mass is 10.0. The number of benzene rings is 1. The molecule has 1 aromatic rings. The fraction of sp³-hybridized carbons (Fsp3) is 0.200. The minimum atomic E-state index is -0.437. The molecular formula is C10H12ClFN2. The van der Waals surface area contributed by atoms with Crippen LogP contribution in [0.2, 0.25) is 5.02 Å². The van der Waals surface area contributed by atoms with Gasteiger partial charge in [-0.3, -0.25) is 11.3 Å². The molecule has 0 radical (unpaired) electrons. The Hall–Kier alpha value is -0.900. The molecule has 0 spiro atoms. The van der Waals surface area contributed by atoms with Crippen molar-refractivity contribution in [2.24, 2.45) is 5.84 Å². The molecule has 0 aliphatic rings. The average molecular weight is 215 g/mol. The molecule has 0 saturated heterocycles. The van der Waals surface area contributed by atoms with E-state index in [-0.39, 0.29) is 11.1 Å². The molecular weight excluding hydrogens is 203 g/mol. The van der Waals surface area contributed by atoms with Crippen LogP contribution < -0.4 is 11.3 Å². The van der Waals surface area contributed by atoms with Gasteiger partial charge >= 0.3 is 0 Å². The van der Waals surface area contributed by atoms with E-state index in [0.717, 1.165) is 0 Å². The van der Waals surface area contributed by atoms with Gasteiger partial charge in [0, 0.05) is 0 Å². The summed E-state index contributed by atoms with van der Waals surface area (Å²) in [7, 11) is 0. The van der Waals surface area contributed by atoms with E-state index in [1.807, 2.05) is 0 Å². The molecule has 1 aromatic carbocycles. The lowest BCUT2D eigenvalue weighted by Gasteiger charge is -2.15. The van der Waals surface area contributed by atoms with E-state index in [2.05, 4.69) is 12.0 Å². The zero-order valence-corrected chi connectivity index (χ0v) is 8.39. The molecule has 1 atom stereocenters. The molecule has 0 aliphatic heterocycles. The Labute approximate surface area is 87.5 Å². The van der Waals surface area contributed by atoms with Crippen LogP contribution in [0.5, 0.6) is 0 Å². The molecule has 0 amide bonds. The van der Waals surface area contributed by atoms with E-state index in [4.69, 9.17) is 17.4 Å². The van der Waals surface area contributed by atoms with Crippen molar-refractivity contribution < 1.29 is 4.39 Å². The first-order valence-electron chi connectivity index (χ1n) is 4.21. The molecule has 0 fully saturated rings. The quantitative estimate of drug-likeness (QED) is 0.459. The third-order valence-corrected chi connectivity index (χ3v) is 2.36. The van der Waals surface area contributed by atoms with Crippen molar-refractivity contribution in [2.45, 2.75) is 12.5 Å². The molecule has 76 valence electrons. The van der Waals surface area contributed by atoms with E-state index in [1.54, 1.807) is 18.2 Å². The number of hydrogen-bond donors (Lipinski definition) is 2. The van der Waals surface area contributed by atoms with E-state index in [9.17, 15) is 4.39 Å². The SMILES string of the molecule is C=CCC(NN)c1cccc(F)c1Cl. The second kappa shape index (κ2) is 5.10. The Bertz CT molecular complexity index is 328. The fourth-order valence-electron chi connectivity index (χ4n) is 1.24. The summed E-state index contributed by atoms with van der Waals surface area (Å²) in [4.78, 5) is 0. The van der Waals surface area contributed by atoms with Crippen LogP contribution in [-0.2, 0) is 0 Å². The second-order valence-corrected chi connectivity index (χ2v) is 3.26. The van der Waals surface area contributed by atoms with Crippen LogP contribution in [0.1, 0.15) is 18.0 Å². The maximum atomic E-state index is 13.1. The van der Waals surface area contributed by atoms with E-state index in [0.29, 0.717) is 12.0 Å². The molecule has 0 saturated carbocycles. The maximum absolute atomic E-state index is 13.1. The normalized spacial score (nSPS) is 12.5. The molecule has 1 rings (SSSR count). The molecule has 14 heavy (non-hydrogen) atoms. The highest BCUT2D eigenvalue weighted by Crippen LogP contribution is 2.27. The fourth-order valence-corrected chi connectivity index (χ4v) is 1.50. The van der Waals surface area contributed by atoms with Crippen molar-refractivity contribution >= 4 is 11.6 Å². The summed E-state index contributed by atoms with van der Waals surface area (Å²) in [5, 5.41) is 0.109. The molecule has 0 bridgehead atoms. The number of hydrazine groups is 1. The van der Waals surface area contributed by atoms with Crippen LogP contribution in [0.3, 0.4) is 0 Å². The van der Waals surface area contributed by atoms with Gasteiger partial charge in [-0.1, -0.05) is 29.8 Å². The van der Waals surface area contributed by atoms with E-state index < -0.39 is 5.82 Å². The zero-order valence-electron chi connectivity index (χ0n) is 7.63. The van der Waals surface area contributed by atoms with Crippen molar-refractivity contribution in [2.75, 3.05) is 0 Å². The zero-order chi connectivity index (χ0) is 10.6. The molecule has 0 aromatic heterocycles. The van der Waals surface area contributed by atoms with Gasteiger partial charge in [-0.25, -0.2) is 4.39 Å². The first-order chi connectivity index (χ1) is 6.70. The van der Waals surface area contributed by atoms with Gasteiger partial charge in [0.1, 0.15) is 5.82 Å². The van der Waals surface area contributed by atoms with Gasteiger partial charge in [0.2, 0.25) is 0 Å². The lowest BCUT2D eigenvalue weighted by molar-refractivity contribution is 0.553. The first kappa shape index (κ1) is 11.2. The number of hydrogen-bond acceptors (Lipinski definition) is 2. The van der Waals surface area contributed by atoms with Crippen molar-refractivity contribution in [1.82, 2.24) is 5.43 Å². The van der Waals surface area contributed by atoms with Gasteiger partial charge in [0.25, 0.3) is 0 Å². The number of rotatable bonds is 4. The molecule has 0 aliphatic carbocycles. The molecule has 2 nitrogen and oxygen atoms in total. The van der Waals surface area contributed by atoms with E-state index in [1.165, 1.54) is 6.07 Å². The Morgan fingerprint density at radius 2 is 2.36 bits per heavy atom. The summed E-state index contributed by atoms with van der Waals surface area (Å²) in [5.41, 5.74) is 3.21. The molecule has 3 N–H and O–H groups in total. The van der Waals surface area contributed by atoms with Crippen LogP contribution in [-0.4, -0.2) is 0 Å². The number of nitrogens with two attached hydrogens (primary N) is 1. The number of halogens is 2. The monoisotopic (exact) mass is 214 g/mol. The van der Waals surface area contributed by atoms with Crippen molar-refractivity contribution in [1.29, 1.82) is 0 Å². The smallest absolute Gasteiger partial charge is 0.142 e. The average Bonchev–Trinajstić information content (AvgIpc) is 2.19. The molecule has 4 heteroatoms. The summed E-state index contributed by atoms with van der Waals surface area (Å²) in [6, 6.07) is 4.45. The standard InChI is InChI=1S/C10H12ClFN2/c1-2-4-9(14-13)7-5-3-6-8(12)10(7)11/h2-3,5-6,9,14H,1,4,13H2. The lowest BCUT2D eigenvalue weighted by Crippen LogP contribution is -2.27. The van der Waals surface area contributed by atoms with Crippen molar-refractivity contribution in [3.05, 3.63) is 47.3 Å². The van der Waals surface area contributed by atoms with E-state index >= 15 is 0 Å². The topological polar surface area (TPSA) is 38.0 Å². The van der Waals surface area contributed by atoms with Crippen LogP contribution in [0.4, 0.5) is 4.39 Å². The predicted molar refractivity (Wildman–Crippen MR) is 56.3 cm³/mol.